The van der Waals surface area contributed by atoms with Crippen LogP contribution in [-0.2, 0) is 6.42 Å². The van der Waals surface area contributed by atoms with Gasteiger partial charge in [0.15, 0.2) is 0 Å². The quantitative estimate of drug-likeness (QED) is 0.626. The van der Waals surface area contributed by atoms with Gasteiger partial charge < -0.3 is 0 Å². The van der Waals surface area contributed by atoms with E-state index in [1.165, 1.54) is 55.4 Å². The zero-order valence-corrected chi connectivity index (χ0v) is 14.8. The second-order valence-corrected chi connectivity index (χ2v) is 7.04. The van der Waals surface area contributed by atoms with Gasteiger partial charge in [-0.1, -0.05) is 48.4 Å². The van der Waals surface area contributed by atoms with E-state index in [9.17, 15) is 0 Å². The maximum absolute atomic E-state index is 5.96. The molecule has 0 radical (unpaired) electrons. The molecular weight excluding hydrogens is 302 g/mol. The molecule has 1 aromatic carbocycles. The number of benzene rings is 1. The Labute approximate surface area is 145 Å². The summed E-state index contributed by atoms with van der Waals surface area (Å²) in [6.07, 6.45) is 13.2. The molecule has 1 aromatic rings. The van der Waals surface area contributed by atoms with Crippen LogP contribution in [0.3, 0.4) is 0 Å². The van der Waals surface area contributed by atoms with Crippen LogP contribution >= 0.6 is 11.6 Å². The Morgan fingerprint density at radius 3 is 2.78 bits per heavy atom. The Morgan fingerprint density at radius 2 is 2.00 bits per heavy atom. The van der Waals surface area contributed by atoms with Crippen LogP contribution in [0.25, 0.3) is 0 Å². The molecule has 1 unspecified atom stereocenters. The van der Waals surface area contributed by atoms with Gasteiger partial charge >= 0.3 is 0 Å². The molecule has 0 saturated heterocycles. The maximum Gasteiger partial charge on any atom is 0.0451 e. The molecule has 0 N–H and O–H groups in total. The van der Waals surface area contributed by atoms with Crippen LogP contribution in [0, 0.1) is 5.92 Å². The number of hydrogen-bond donors (Lipinski definition) is 0. The fraction of sp³-hybridized carbons (Fsp3) is 0.476. The average molecular weight is 328 g/mol. The van der Waals surface area contributed by atoms with Crippen LogP contribution in [0.2, 0.25) is 5.02 Å². The van der Waals surface area contributed by atoms with Crippen molar-refractivity contribution in [3.8, 4) is 0 Å². The lowest BCUT2D eigenvalue weighted by Crippen LogP contribution is -2.22. The first-order valence-electron chi connectivity index (χ1n) is 8.95. The Bertz CT molecular complexity index is 622. The van der Waals surface area contributed by atoms with Crippen molar-refractivity contribution in [3.63, 3.8) is 0 Å². The predicted octanol–water partition coefficient (Wildman–Crippen LogP) is 6.18. The minimum absolute atomic E-state index is 0.640. The average Bonchev–Trinajstić information content (AvgIpc) is 2.82. The summed E-state index contributed by atoms with van der Waals surface area (Å²) in [5.74, 6) is 0.640. The summed E-state index contributed by atoms with van der Waals surface area (Å²) in [6, 6.07) is 8.15. The van der Waals surface area contributed by atoms with E-state index in [4.69, 9.17) is 16.6 Å². The molecule has 0 bridgehead atoms. The van der Waals surface area contributed by atoms with Gasteiger partial charge in [0, 0.05) is 23.2 Å². The van der Waals surface area contributed by atoms with Crippen LogP contribution in [0.4, 0.5) is 0 Å². The molecule has 0 fully saturated rings. The molecule has 2 aliphatic carbocycles. The summed E-state index contributed by atoms with van der Waals surface area (Å²) >= 11 is 5.96. The van der Waals surface area contributed by atoms with E-state index < -0.39 is 0 Å². The number of rotatable bonds is 4. The van der Waals surface area contributed by atoms with E-state index in [1.807, 2.05) is 12.1 Å². The second-order valence-electron chi connectivity index (χ2n) is 6.60. The minimum Gasteiger partial charge on any atom is -0.289 e. The van der Waals surface area contributed by atoms with E-state index in [1.54, 1.807) is 5.57 Å². The molecule has 0 amide bonds. The van der Waals surface area contributed by atoms with Gasteiger partial charge in [-0.05, 0) is 68.2 Å². The van der Waals surface area contributed by atoms with Gasteiger partial charge in [0.05, 0.1) is 0 Å². The molecule has 0 saturated carbocycles. The largest absolute Gasteiger partial charge is 0.289 e. The van der Waals surface area contributed by atoms with Crippen molar-refractivity contribution in [1.29, 1.82) is 0 Å². The number of nitrogens with zero attached hydrogens (tertiary/aromatic N) is 1. The SMILES string of the molecule is CCC1CCC2=C(C=CCCC2)C1=NCCc1ccc(Cl)cc1. The van der Waals surface area contributed by atoms with Gasteiger partial charge in [-0.25, -0.2) is 0 Å². The zero-order chi connectivity index (χ0) is 16.1. The third-order valence-electron chi connectivity index (χ3n) is 5.06. The first kappa shape index (κ1) is 16.5. The molecule has 1 nitrogen and oxygen atoms in total. The minimum atomic E-state index is 0.640. The molecule has 2 heteroatoms. The van der Waals surface area contributed by atoms with Crippen molar-refractivity contribution in [1.82, 2.24) is 0 Å². The molecule has 23 heavy (non-hydrogen) atoms. The predicted molar refractivity (Wildman–Crippen MR) is 100 cm³/mol. The van der Waals surface area contributed by atoms with E-state index in [0.717, 1.165) is 18.0 Å². The molecule has 0 aromatic heterocycles. The van der Waals surface area contributed by atoms with Crippen LogP contribution in [-0.4, -0.2) is 12.3 Å². The number of hydrogen-bond acceptors (Lipinski definition) is 1. The van der Waals surface area contributed by atoms with E-state index in [-0.39, 0.29) is 0 Å². The molecule has 3 rings (SSSR count). The van der Waals surface area contributed by atoms with Gasteiger partial charge in [-0.15, -0.1) is 0 Å². The van der Waals surface area contributed by atoms with Crippen molar-refractivity contribution in [2.45, 2.75) is 51.9 Å². The second kappa shape index (κ2) is 7.97. The molecular formula is C21H26ClN. The van der Waals surface area contributed by atoms with E-state index >= 15 is 0 Å². The Kier molecular flexibility index (Phi) is 5.72. The fourth-order valence-electron chi connectivity index (χ4n) is 3.69. The topological polar surface area (TPSA) is 12.4 Å². The standard InChI is InChI=1S/C21H26ClN/c1-2-17-10-11-18-6-4-3-5-7-20(18)21(17)23-15-14-16-8-12-19(22)13-9-16/h5,7-9,12-13,17H,2-4,6,10-11,14-15H2,1H3. The fourth-order valence-corrected chi connectivity index (χ4v) is 3.81. The summed E-state index contributed by atoms with van der Waals surface area (Å²) in [6.45, 7) is 3.17. The first-order valence-corrected chi connectivity index (χ1v) is 9.33. The van der Waals surface area contributed by atoms with E-state index in [0.29, 0.717) is 5.92 Å². The molecule has 0 spiro atoms. The zero-order valence-electron chi connectivity index (χ0n) is 14.0. The molecule has 0 aliphatic heterocycles. The van der Waals surface area contributed by atoms with Crippen LogP contribution < -0.4 is 0 Å². The van der Waals surface area contributed by atoms with Gasteiger partial charge in [0.2, 0.25) is 0 Å². The highest BCUT2D eigenvalue weighted by Crippen LogP contribution is 2.34. The van der Waals surface area contributed by atoms with Crippen molar-refractivity contribution in [3.05, 3.63) is 58.1 Å². The molecule has 122 valence electrons. The lowest BCUT2D eigenvalue weighted by molar-refractivity contribution is 0.575. The molecule has 0 heterocycles. The number of aliphatic imine (C=N–C) groups is 1. The third kappa shape index (κ3) is 4.14. The maximum atomic E-state index is 5.96. The molecule has 2 aliphatic rings. The van der Waals surface area contributed by atoms with Crippen LogP contribution in [0.5, 0.6) is 0 Å². The van der Waals surface area contributed by atoms with Crippen LogP contribution in [0.15, 0.2) is 52.6 Å². The monoisotopic (exact) mass is 327 g/mol. The lowest BCUT2D eigenvalue weighted by atomic mass is 9.79. The smallest absolute Gasteiger partial charge is 0.0451 e. The highest BCUT2D eigenvalue weighted by Gasteiger charge is 2.25. The van der Waals surface area contributed by atoms with E-state index in [2.05, 4.69) is 31.2 Å². The number of halogens is 1. The van der Waals surface area contributed by atoms with Crippen molar-refractivity contribution < 1.29 is 0 Å². The Morgan fingerprint density at radius 1 is 1.17 bits per heavy atom. The highest BCUT2D eigenvalue weighted by molar-refractivity contribution is 6.30. The highest BCUT2D eigenvalue weighted by atomic mass is 35.5. The van der Waals surface area contributed by atoms with Crippen molar-refractivity contribution in [2.24, 2.45) is 10.9 Å². The molecule has 1 atom stereocenters. The van der Waals surface area contributed by atoms with Gasteiger partial charge in [0.25, 0.3) is 0 Å². The van der Waals surface area contributed by atoms with Gasteiger partial charge in [0.1, 0.15) is 0 Å². The Hall–Kier alpha value is -1.34. The summed E-state index contributed by atoms with van der Waals surface area (Å²) < 4.78 is 0. The summed E-state index contributed by atoms with van der Waals surface area (Å²) in [5, 5.41) is 0.803. The van der Waals surface area contributed by atoms with Gasteiger partial charge in [-0.3, -0.25) is 4.99 Å². The summed E-state index contributed by atoms with van der Waals surface area (Å²) in [7, 11) is 0. The first-order chi connectivity index (χ1) is 11.3. The third-order valence-corrected chi connectivity index (χ3v) is 5.31. The van der Waals surface area contributed by atoms with Crippen molar-refractivity contribution in [2.75, 3.05) is 6.54 Å². The van der Waals surface area contributed by atoms with Gasteiger partial charge in [-0.2, -0.15) is 0 Å². The lowest BCUT2D eigenvalue weighted by Gasteiger charge is -2.27. The van der Waals surface area contributed by atoms with Crippen LogP contribution in [0.1, 0.15) is 51.0 Å². The normalized spacial score (nSPS) is 23.0. The van der Waals surface area contributed by atoms with Crippen molar-refractivity contribution >= 4 is 17.3 Å². The summed E-state index contributed by atoms with van der Waals surface area (Å²) in [4.78, 5) is 5.05. The summed E-state index contributed by atoms with van der Waals surface area (Å²) in [5.41, 5.74) is 5.81. The number of allylic oxidation sites excluding steroid dienone is 4. The Balaban J connectivity index is 1.77.